The number of nitrogens with zero attached hydrogens (tertiary/aromatic N) is 2. The Morgan fingerprint density at radius 1 is 1.13 bits per heavy atom. The highest BCUT2D eigenvalue weighted by molar-refractivity contribution is 6.36. The molecule has 2 heterocycles. The molecule has 0 aromatic heterocycles. The van der Waals surface area contributed by atoms with Gasteiger partial charge in [-0.05, 0) is 12.1 Å². The zero-order chi connectivity index (χ0) is 16.6. The van der Waals surface area contributed by atoms with E-state index in [2.05, 4.69) is 10.3 Å². The highest BCUT2D eigenvalue weighted by atomic mass is 35.5. The second-order valence-corrected chi connectivity index (χ2v) is 5.40. The van der Waals surface area contributed by atoms with Gasteiger partial charge in [0, 0.05) is 0 Å². The number of anilines is 1. The summed E-state index contributed by atoms with van der Waals surface area (Å²) in [5.74, 6) is -1.45. The van der Waals surface area contributed by atoms with Crippen molar-refractivity contribution in [1.82, 2.24) is 10.6 Å². The summed E-state index contributed by atoms with van der Waals surface area (Å²) in [6.07, 6.45) is -0.305. The zero-order valence-corrected chi connectivity index (χ0v) is 12.5. The molecule has 1 atom stereocenters. The molecule has 2 aliphatic rings. The van der Waals surface area contributed by atoms with Gasteiger partial charge < -0.3 is 0 Å². The van der Waals surface area contributed by atoms with Gasteiger partial charge in [-0.2, -0.15) is 0 Å². The summed E-state index contributed by atoms with van der Waals surface area (Å²) >= 11 is 6.02. The monoisotopic (exact) mass is 334 g/mol. The average Bonchev–Trinajstić information content (AvgIpc) is 2.73. The second kappa shape index (κ2) is 5.81. The van der Waals surface area contributed by atoms with Crippen LogP contribution in [0.2, 0.25) is 5.02 Å². The fraction of sp³-hybridized carbons (Fsp3) is 0.214. The van der Waals surface area contributed by atoms with Gasteiger partial charge in [-0.15, -0.1) is 0 Å². The maximum absolute atomic E-state index is 12.4. The van der Waals surface area contributed by atoms with E-state index in [1.807, 2.05) is 5.32 Å². The third-order valence-electron chi connectivity index (χ3n) is 3.37. The molecule has 0 radical (unpaired) electrons. The van der Waals surface area contributed by atoms with E-state index < -0.39 is 29.8 Å². The van der Waals surface area contributed by atoms with Crippen LogP contribution in [0.5, 0.6) is 0 Å². The van der Waals surface area contributed by atoms with E-state index in [9.17, 15) is 19.2 Å². The number of carbonyl (C=O) groups excluding carboxylic acids is 4. The predicted molar refractivity (Wildman–Crippen MR) is 81.1 cm³/mol. The molecule has 0 spiro atoms. The van der Waals surface area contributed by atoms with Crippen LogP contribution < -0.4 is 15.5 Å². The van der Waals surface area contributed by atoms with Crippen LogP contribution in [0.25, 0.3) is 0 Å². The van der Waals surface area contributed by atoms with E-state index in [1.54, 1.807) is 24.3 Å². The molecule has 0 saturated carbocycles. The van der Waals surface area contributed by atoms with E-state index in [1.165, 1.54) is 0 Å². The number of aliphatic imine (C=N–C) groups is 1. The Kier molecular flexibility index (Phi) is 3.83. The van der Waals surface area contributed by atoms with Crippen molar-refractivity contribution in [2.45, 2.75) is 18.9 Å². The molecule has 0 unspecified atom stereocenters. The SMILES string of the molecule is O=C1CC(=N[C@H]2CC(=O)N(c3ccccc3Cl)C2=O)NC(=O)N1. The number of imide groups is 2. The third kappa shape index (κ3) is 2.93. The minimum Gasteiger partial charge on any atom is -0.295 e. The average molecular weight is 335 g/mol. The van der Waals surface area contributed by atoms with E-state index >= 15 is 0 Å². The number of urea groups is 1. The summed E-state index contributed by atoms with van der Waals surface area (Å²) in [7, 11) is 0. The molecule has 1 aromatic rings. The number of hydrogen-bond acceptors (Lipinski definition) is 5. The molecule has 0 aliphatic carbocycles. The molecule has 8 nitrogen and oxygen atoms in total. The smallest absolute Gasteiger partial charge is 0.295 e. The second-order valence-electron chi connectivity index (χ2n) is 4.99. The van der Waals surface area contributed by atoms with Crippen LogP contribution >= 0.6 is 11.6 Å². The van der Waals surface area contributed by atoms with Crippen LogP contribution in [0.3, 0.4) is 0 Å². The Labute approximate surface area is 135 Å². The van der Waals surface area contributed by atoms with Crippen molar-refractivity contribution >= 4 is 46.9 Å². The molecule has 9 heteroatoms. The molecule has 118 valence electrons. The Balaban J connectivity index is 1.86. The van der Waals surface area contributed by atoms with E-state index in [0.29, 0.717) is 0 Å². The number of para-hydroxylation sites is 1. The minimum absolute atomic E-state index is 0.0610. The Bertz CT molecular complexity index is 743. The fourth-order valence-corrected chi connectivity index (χ4v) is 2.62. The van der Waals surface area contributed by atoms with Crippen molar-refractivity contribution in [3.63, 3.8) is 0 Å². The molecule has 1 aromatic carbocycles. The van der Waals surface area contributed by atoms with Crippen molar-refractivity contribution in [3.05, 3.63) is 29.3 Å². The molecular formula is C14H11ClN4O4. The lowest BCUT2D eigenvalue weighted by molar-refractivity contribution is -0.122. The van der Waals surface area contributed by atoms with Crippen molar-refractivity contribution < 1.29 is 19.2 Å². The van der Waals surface area contributed by atoms with Crippen molar-refractivity contribution in [2.24, 2.45) is 4.99 Å². The van der Waals surface area contributed by atoms with E-state index in [-0.39, 0.29) is 29.4 Å². The number of halogens is 1. The number of hydrogen-bond donors (Lipinski definition) is 2. The molecule has 23 heavy (non-hydrogen) atoms. The van der Waals surface area contributed by atoms with Crippen molar-refractivity contribution in [1.29, 1.82) is 0 Å². The van der Waals surface area contributed by atoms with Gasteiger partial charge in [-0.25, -0.2) is 9.69 Å². The van der Waals surface area contributed by atoms with Gasteiger partial charge in [0.05, 0.1) is 23.6 Å². The standard InChI is InChI=1S/C14H11ClN4O4/c15-7-3-1-2-4-9(7)19-12(21)5-8(13(19)22)16-10-6-11(20)18-14(23)17-10/h1-4,8H,5-6H2,(H2,16,17,18,20,23)/t8-/m0/s1. The van der Waals surface area contributed by atoms with Crippen LogP contribution in [-0.4, -0.2) is 35.6 Å². The maximum atomic E-state index is 12.4. The normalized spacial score (nSPS) is 23.3. The molecule has 0 bridgehead atoms. The zero-order valence-electron chi connectivity index (χ0n) is 11.7. The van der Waals surface area contributed by atoms with E-state index in [4.69, 9.17) is 11.6 Å². The van der Waals surface area contributed by atoms with Gasteiger partial charge in [0.2, 0.25) is 11.8 Å². The van der Waals surface area contributed by atoms with Gasteiger partial charge in [0.15, 0.2) is 0 Å². The van der Waals surface area contributed by atoms with Crippen molar-refractivity contribution in [2.75, 3.05) is 4.90 Å². The number of rotatable bonds is 2. The highest BCUT2D eigenvalue weighted by Crippen LogP contribution is 2.30. The number of amides is 5. The number of benzene rings is 1. The van der Waals surface area contributed by atoms with Crippen LogP contribution in [0, 0.1) is 0 Å². The fourth-order valence-electron chi connectivity index (χ4n) is 2.40. The molecule has 5 amide bonds. The molecule has 2 aliphatic heterocycles. The van der Waals surface area contributed by atoms with Crippen LogP contribution in [-0.2, 0) is 14.4 Å². The lowest BCUT2D eigenvalue weighted by atomic mass is 10.2. The number of carbonyl (C=O) groups is 4. The summed E-state index contributed by atoms with van der Waals surface area (Å²) in [5, 5.41) is 4.66. The van der Waals surface area contributed by atoms with Gasteiger partial charge >= 0.3 is 6.03 Å². The third-order valence-corrected chi connectivity index (χ3v) is 3.69. The first kappa shape index (κ1) is 15.2. The summed E-state index contributed by atoms with van der Waals surface area (Å²) in [5.41, 5.74) is 0.289. The lowest BCUT2D eigenvalue weighted by Gasteiger charge is -2.17. The van der Waals surface area contributed by atoms with Crippen molar-refractivity contribution in [3.8, 4) is 0 Å². The lowest BCUT2D eigenvalue weighted by Crippen LogP contribution is -2.50. The van der Waals surface area contributed by atoms with Crippen LogP contribution in [0.15, 0.2) is 29.3 Å². The Hall–Kier alpha value is -2.74. The first-order valence-corrected chi connectivity index (χ1v) is 7.12. The first-order chi connectivity index (χ1) is 11.0. The summed E-state index contributed by atoms with van der Waals surface area (Å²) < 4.78 is 0. The van der Waals surface area contributed by atoms with Gasteiger partial charge in [-0.1, -0.05) is 23.7 Å². The number of nitrogens with one attached hydrogen (secondary N) is 2. The van der Waals surface area contributed by atoms with Crippen LogP contribution in [0.1, 0.15) is 12.8 Å². The topological polar surface area (TPSA) is 108 Å². The van der Waals surface area contributed by atoms with Gasteiger partial charge in [0.1, 0.15) is 11.9 Å². The largest absolute Gasteiger partial charge is 0.326 e. The first-order valence-electron chi connectivity index (χ1n) is 6.74. The maximum Gasteiger partial charge on any atom is 0.326 e. The molecule has 2 saturated heterocycles. The Morgan fingerprint density at radius 2 is 1.87 bits per heavy atom. The quantitative estimate of drug-likeness (QED) is 0.772. The van der Waals surface area contributed by atoms with Gasteiger partial charge in [0.25, 0.3) is 5.91 Å². The summed E-state index contributed by atoms with van der Waals surface area (Å²) in [6, 6.07) is 4.78. The van der Waals surface area contributed by atoms with Crippen LogP contribution in [0.4, 0.5) is 10.5 Å². The molecule has 2 N–H and O–H groups in total. The predicted octanol–water partition coefficient (Wildman–Crippen LogP) is 0.600. The minimum atomic E-state index is -0.986. The molecule has 2 fully saturated rings. The van der Waals surface area contributed by atoms with Gasteiger partial charge in [-0.3, -0.25) is 30.0 Å². The molecular weight excluding hydrogens is 324 g/mol. The number of amidine groups is 1. The van der Waals surface area contributed by atoms with E-state index in [0.717, 1.165) is 4.90 Å². The Morgan fingerprint density at radius 3 is 2.57 bits per heavy atom. The highest BCUT2D eigenvalue weighted by Gasteiger charge is 2.40. The summed E-state index contributed by atoms with van der Waals surface area (Å²) in [6.45, 7) is 0. The molecule has 3 rings (SSSR count). The summed E-state index contributed by atoms with van der Waals surface area (Å²) in [4.78, 5) is 52.1.